The molecule has 16 heavy (non-hydrogen) atoms. The van der Waals surface area contributed by atoms with Crippen LogP contribution in [0.4, 0.5) is 10.5 Å². The van der Waals surface area contributed by atoms with E-state index < -0.39 is 6.09 Å². The zero-order chi connectivity index (χ0) is 11.7. The van der Waals surface area contributed by atoms with Crippen LogP contribution in [-0.4, -0.2) is 18.9 Å². The number of carbonyl (C=O) groups excluding carboxylic acids is 1. The van der Waals surface area contributed by atoms with Crippen LogP contribution in [0.1, 0.15) is 0 Å². The summed E-state index contributed by atoms with van der Waals surface area (Å²) >= 11 is 17.5. The first-order valence-electron chi connectivity index (χ1n) is 4.23. The predicted molar refractivity (Wildman–Crippen MR) is 63.8 cm³/mol. The topological polar surface area (TPSA) is 41.9 Å². The zero-order valence-electron chi connectivity index (χ0n) is 7.78. The molecule has 84 valence electrons. The fourth-order valence-corrected chi connectivity index (χ4v) is 1.79. The smallest absolute Gasteiger partial charge is 0.435 e. The van der Waals surface area contributed by atoms with Gasteiger partial charge in [-0.25, -0.2) is 4.79 Å². The molecule has 4 nitrogen and oxygen atoms in total. The van der Waals surface area contributed by atoms with Gasteiger partial charge in [-0.2, -0.15) is 10.1 Å². The fraction of sp³-hybridized carbons (Fsp3) is 0.111. The van der Waals surface area contributed by atoms with E-state index >= 15 is 0 Å². The quantitative estimate of drug-likeness (QED) is 0.737. The van der Waals surface area contributed by atoms with E-state index in [0.29, 0.717) is 10.7 Å². The molecule has 0 unspecified atom stereocenters. The number of hydrazone groups is 1. The Kier molecular flexibility index (Phi) is 3.23. The van der Waals surface area contributed by atoms with Gasteiger partial charge in [-0.15, -0.1) is 0 Å². The highest BCUT2D eigenvalue weighted by Gasteiger charge is 2.22. The number of ether oxygens (including phenoxy) is 1. The molecule has 1 aliphatic rings. The standard InChI is InChI=1S/C9H5Cl3N2O2/c10-5-3-7(12)8(4-6(5)11)14-9(15)16-2-1-13-14/h1,3-4H,2H2. The molecular weight excluding hydrogens is 274 g/mol. The molecule has 0 atom stereocenters. The maximum Gasteiger partial charge on any atom is 0.435 e. The molecule has 1 aromatic rings. The van der Waals surface area contributed by atoms with Gasteiger partial charge in [-0.3, -0.25) is 0 Å². The third-order valence-corrected chi connectivity index (χ3v) is 2.89. The summed E-state index contributed by atoms with van der Waals surface area (Å²) in [5, 5.41) is 5.75. The van der Waals surface area contributed by atoms with Crippen LogP contribution in [0.3, 0.4) is 0 Å². The van der Waals surface area contributed by atoms with Gasteiger partial charge in [0, 0.05) is 0 Å². The van der Waals surface area contributed by atoms with Crippen molar-refractivity contribution < 1.29 is 9.53 Å². The molecule has 0 saturated heterocycles. The number of anilines is 1. The number of nitrogens with zero attached hydrogens (tertiary/aromatic N) is 2. The summed E-state index contributed by atoms with van der Waals surface area (Å²) in [6.07, 6.45) is 0.836. The summed E-state index contributed by atoms with van der Waals surface area (Å²) in [7, 11) is 0. The predicted octanol–water partition coefficient (Wildman–Crippen LogP) is 3.59. The second kappa shape index (κ2) is 4.49. The van der Waals surface area contributed by atoms with Crippen molar-refractivity contribution in [2.45, 2.75) is 0 Å². The fourth-order valence-electron chi connectivity index (χ4n) is 1.17. The van der Waals surface area contributed by atoms with Crippen molar-refractivity contribution in [1.29, 1.82) is 0 Å². The van der Waals surface area contributed by atoms with Crippen LogP contribution in [0.15, 0.2) is 17.2 Å². The Hall–Kier alpha value is -0.970. The molecule has 1 heterocycles. The molecule has 1 aliphatic heterocycles. The number of halogens is 3. The SMILES string of the molecule is O=C1OCC=NN1c1cc(Cl)c(Cl)cc1Cl. The Balaban J connectivity index is 2.47. The van der Waals surface area contributed by atoms with Crippen molar-refractivity contribution in [3.05, 3.63) is 27.2 Å². The maximum absolute atomic E-state index is 11.4. The molecule has 0 bridgehead atoms. The Morgan fingerprint density at radius 3 is 2.56 bits per heavy atom. The number of benzene rings is 1. The van der Waals surface area contributed by atoms with Gasteiger partial charge in [0.1, 0.15) is 6.61 Å². The first kappa shape index (κ1) is 11.5. The van der Waals surface area contributed by atoms with Crippen LogP contribution in [0.25, 0.3) is 0 Å². The molecule has 0 fully saturated rings. The molecule has 0 aliphatic carbocycles. The van der Waals surface area contributed by atoms with Crippen LogP contribution >= 0.6 is 34.8 Å². The van der Waals surface area contributed by atoms with E-state index in [1.165, 1.54) is 18.3 Å². The average Bonchev–Trinajstić information content (AvgIpc) is 2.25. The Morgan fingerprint density at radius 2 is 1.88 bits per heavy atom. The lowest BCUT2D eigenvalue weighted by Crippen LogP contribution is -2.31. The molecule has 1 amide bonds. The van der Waals surface area contributed by atoms with E-state index in [-0.39, 0.29) is 16.7 Å². The third-order valence-electron chi connectivity index (χ3n) is 1.87. The highest BCUT2D eigenvalue weighted by molar-refractivity contribution is 6.44. The van der Waals surface area contributed by atoms with E-state index in [4.69, 9.17) is 39.5 Å². The molecule has 7 heteroatoms. The highest BCUT2D eigenvalue weighted by Crippen LogP contribution is 2.35. The van der Waals surface area contributed by atoms with Crippen LogP contribution in [0.2, 0.25) is 15.1 Å². The number of hydrogen-bond donors (Lipinski definition) is 0. The number of hydrogen-bond acceptors (Lipinski definition) is 3. The summed E-state index contributed by atoms with van der Waals surface area (Å²) in [5.41, 5.74) is 0.331. The molecule has 2 rings (SSSR count). The Labute approximate surface area is 106 Å². The summed E-state index contributed by atoms with van der Waals surface area (Å²) in [6, 6.07) is 2.90. The first-order chi connectivity index (χ1) is 7.59. The summed E-state index contributed by atoms with van der Waals surface area (Å²) in [5.74, 6) is 0. The van der Waals surface area contributed by atoms with Gasteiger partial charge < -0.3 is 4.74 Å². The highest BCUT2D eigenvalue weighted by atomic mass is 35.5. The molecular formula is C9H5Cl3N2O2. The van der Waals surface area contributed by atoms with Crippen molar-refractivity contribution in [1.82, 2.24) is 0 Å². The number of rotatable bonds is 1. The minimum atomic E-state index is -0.609. The molecule has 0 aromatic heterocycles. The lowest BCUT2D eigenvalue weighted by Gasteiger charge is -2.20. The van der Waals surface area contributed by atoms with E-state index in [1.54, 1.807) is 0 Å². The summed E-state index contributed by atoms with van der Waals surface area (Å²) in [6.45, 7) is 0.147. The van der Waals surface area contributed by atoms with E-state index in [9.17, 15) is 4.79 Å². The van der Waals surface area contributed by atoms with Crippen molar-refractivity contribution in [3.8, 4) is 0 Å². The van der Waals surface area contributed by atoms with Gasteiger partial charge in [0.05, 0.1) is 27.0 Å². The third kappa shape index (κ3) is 2.09. The Bertz CT molecular complexity index is 476. The normalized spacial score (nSPS) is 15.2. The molecule has 0 N–H and O–H groups in total. The van der Waals surface area contributed by atoms with Gasteiger partial charge in [0.25, 0.3) is 0 Å². The summed E-state index contributed by atoms with van der Waals surface area (Å²) < 4.78 is 4.77. The van der Waals surface area contributed by atoms with E-state index in [2.05, 4.69) is 5.10 Å². The minimum absolute atomic E-state index is 0.147. The maximum atomic E-state index is 11.4. The largest absolute Gasteiger partial charge is 0.442 e. The lowest BCUT2D eigenvalue weighted by atomic mass is 10.3. The van der Waals surface area contributed by atoms with Crippen LogP contribution in [0.5, 0.6) is 0 Å². The summed E-state index contributed by atoms with van der Waals surface area (Å²) in [4.78, 5) is 11.4. The van der Waals surface area contributed by atoms with Gasteiger partial charge in [-0.05, 0) is 12.1 Å². The minimum Gasteiger partial charge on any atom is -0.442 e. The van der Waals surface area contributed by atoms with Gasteiger partial charge in [0.15, 0.2) is 0 Å². The molecule has 0 spiro atoms. The number of carbonyl (C=O) groups is 1. The van der Waals surface area contributed by atoms with Crippen molar-refractivity contribution in [2.24, 2.45) is 5.10 Å². The van der Waals surface area contributed by atoms with Crippen LogP contribution in [-0.2, 0) is 4.74 Å². The molecule has 0 radical (unpaired) electrons. The lowest BCUT2D eigenvalue weighted by molar-refractivity contribution is 0.167. The molecule has 1 aromatic carbocycles. The molecule has 0 saturated carbocycles. The van der Waals surface area contributed by atoms with E-state index in [0.717, 1.165) is 5.01 Å². The average molecular weight is 280 g/mol. The van der Waals surface area contributed by atoms with Gasteiger partial charge in [0.2, 0.25) is 0 Å². The van der Waals surface area contributed by atoms with Gasteiger partial charge >= 0.3 is 6.09 Å². The Morgan fingerprint density at radius 1 is 1.19 bits per heavy atom. The van der Waals surface area contributed by atoms with Crippen LogP contribution < -0.4 is 5.01 Å². The first-order valence-corrected chi connectivity index (χ1v) is 5.37. The second-order valence-electron chi connectivity index (χ2n) is 2.90. The number of amides is 1. The number of cyclic esters (lactones) is 1. The van der Waals surface area contributed by atoms with Crippen molar-refractivity contribution >= 4 is 52.8 Å². The van der Waals surface area contributed by atoms with Crippen molar-refractivity contribution in [2.75, 3.05) is 11.6 Å². The second-order valence-corrected chi connectivity index (χ2v) is 4.13. The van der Waals surface area contributed by atoms with Gasteiger partial charge in [-0.1, -0.05) is 34.8 Å². The van der Waals surface area contributed by atoms with E-state index in [1.807, 2.05) is 0 Å². The zero-order valence-corrected chi connectivity index (χ0v) is 10.1. The van der Waals surface area contributed by atoms with Crippen LogP contribution in [0, 0.1) is 0 Å². The van der Waals surface area contributed by atoms with Crippen molar-refractivity contribution in [3.63, 3.8) is 0 Å². The monoisotopic (exact) mass is 278 g/mol.